The highest BCUT2D eigenvalue weighted by molar-refractivity contribution is 6.23. The number of carbonyl (C=O) groups is 1. The van der Waals surface area contributed by atoms with Gasteiger partial charge in [0.25, 0.3) is 0 Å². The average molecular weight is 320 g/mol. The van der Waals surface area contributed by atoms with Crippen molar-refractivity contribution in [3.05, 3.63) is 94.5 Å². The molecule has 0 amide bonds. The van der Waals surface area contributed by atoms with Crippen molar-refractivity contribution in [2.45, 2.75) is 6.92 Å². The van der Waals surface area contributed by atoms with E-state index >= 15 is 0 Å². The Hall–Kier alpha value is -3.19. The first-order valence-corrected chi connectivity index (χ1v) is 8.51. The summed E-state index contributed by atoms with van der Waals surface area (Å²) in [6.45, 7) is 2.02. The van der Waals surface area contributed by atoms with Crippen LogP contribution in [0.4, 0.5) is 0 Å². The smallest absolute Gasteiger partial charge is 0.194 e. The summed E-state index contributed by atoms with van der Waals surface area (Å²) < 4.78 is 0. The molecule has 118 valence electrons. The first-order chi connectivity index (χ1) is 12.2. The highest BCUT2D eigenvalue weighted by Gasteiger charge is 2.20. The van der Waals surface area contributed by atoms with Gasteiger partial charge in [0.15, 0.2) is 5.78 Å². The molecule has 5 rings (SSSR count). The van der Waals surface area contributed by atoms with E-state index in [1.807, 2.05) is 43.3 Å². The summed E-state index contributed by atoms with van der Waals surface area (Å²) in [5.41, 5.74) is 4.99. The Morgan fingerprint density at radius 1 is 0.720 bits per heavy atom. The number of rotatable bonds is 2. The van der Waals surface area contributed by atoms with Crippen molar-refractivity contribution in [3.63, 3.8) is 0 Å². The fraction of sp³-hybridized carbons (Fsp3) is 0.0417. The van der Waals surface area contributed by atoms with E-state index in [0.717, 1.165) is 32.8 Å². The lowest BCUT2D eigenvalue weighted by Gasteiger charge is -2.12. The van der Waals surface area contributed by atoms with Gasteiger partial charge in [-0.25, -0.2) is 0 Å². The molecule has 25 heavy (non-hydrogen) atoms. The zero-order valence-electron chi connectivity index (χ0n) is 13.9. The highest BCUT2D eigenvalue weighted by atomic mass is 16.1. The van der Waals surface area contributed by atoms with Gasteiger partial charge in [-0.3, -0.25) is 4.79 Å². The molecule has 1 aliphatic carbocycles. The highest BCUT2D eigenvalue weighted by Crippen LogP contribution is 2.35. The SMILES string of the molecule is Cc1ccc2ccccc2c1C(=O)c1ccc2c3c(cccc13)C=C2. The molecular weight excluding hydrogens is 304 g/mol. The van der Waals surface area contributed by atoms with Crippen LogP contribution >= 0.6 is 0 Å². The third-order valence-electron chi connectivity index (χ3n) is 5.16. The normalized spacial score (nSPS) is 12.2. The molecule has 1 nitrogen and oxygen atoms in total. The van der Waals surface area contributed by atoms with Crippen molar-refractivity contribution in [1.82, 2.24) is 0 Å². The summed E-state index contributed by atoms with van der Waals surface area (Å²) in [6.07, 6.45) is 4.24. The summed E-state index contributed by atoms with van der Waals surface area (Å²) in [5.74, 6) is 0.102. The van der Waals surface area contributed by atoms with E-state index in [1.165, 1.54) is 16.5 Å². The van der Waals surface area contributed by atoms with Crippen LogP contribution in [0.2, 0.25) is 0 Å². The number of benzene rings is 4. The van der Waals surface area contributed by atoms with Gasteiger partial charge in [0.2, 0.25) is 0 Å². The quantitative estimate of drug-likeness (QED) is 0.364. The zero-order chi connectivity index (χ0) is 17.0. The Morgan fingerprint density at radius 3 is 2.36 bits per heavy atom. The van der Waals surface area contributed by atoms with Gasteiger partial charge in [-0.15, -0.1) is 0 Å². The molecule has 0 heterocycles. The van der Waals surface area contributed by atoms with Gasteiger partial charge < -0.3 is 0 Å². The molecule has 0 spiro atoms. The maximum Gasteiger partial charge on any atom is 0.194 e. The molecule has 0 radical (unpaired) electrons. The van der Waals surface area contributed by atoms with Gasteiger partial charge in [-0.2, -0.15) is 0 Å². The Labute approximate surface area is 146 Å². The molecule has 1 aliphatic rings. The number of carbonyl (C=O) groups excluding carboxylic acids is 1. The molecule has 0 atom stereocenters. The van der Waals surface area contributed by atoms with Crippen molar-refractivity contribution in [3.8, 4) is 0 Å². The molecule has 4 aromatic carbocycles. The summed E-state index contributed by atoms with van der Waals surface area (Å²) in [4.78, 5) is 13.5. The van der Waals surface area contributed by atoms with Crippen molar-refractivity contribution in [1.29, 1.82) is 0 Å². The van der Waals surface area contributed by atoms with Crippen molar-refractivity contribution in [2.24, 2.45) is 0 Å². The summed E-state index contributed by atoms with van der Waals surface area (Å²) in [5, 5.41) is 4.35. The number of fused-ring (bicyclic) bond motifs is 1. The molecule has 0 N–H and O–H groups in total. The molecule has 0 fully saturated rings. The number of hydrogen-bond acceptors (Lipinski definition) is 1. The van der Waals surface area contributed by atoms with E-state index in [4.69, 9.17) is 0 Å². The van der Waals surface area contributed by atoms with Crippen molar-refractivity contribution in [2.75, 3.05) is 0 Å². The van der Waals surface area contributed by atoms with Gasteiger partial charge in [-0.1, -0.05) is 72.8 Å². The molecule has 0 saturated heterocycles. The van der Waals surface area contributed by atoms with Gasteiger partial charge >= 0.3 is 0 Å². The molecule has 1 heteroatoms. The van der Waals surface area contributed by atoms with Crippen LogP contribution in [0, 0.1) is 6.92 Å². The Kier molecular flexibility index (Phi) is 2.92. The van der Waals surface area contributed by atoms with Crippen LogP contribution in [-0.4, -0.2) is 5.78 Å². The van der Waals surface area contributed by atoms with Crippen LogP contribution in [-0.2, 0) is 0 Å². The summed E-state index contributed by atoms with van der Waals surface area (Å²) in [6, 6.07) is 22.5. The second-order valence-electron chi connectivity index (χ2n) is 6.61. The molecule has 0 aliphatic heterocycles. The fourth-order valence-electron chi connectivity index (χ4n) is 3.93. The Morgan fingerprint density at radius 2 is 1.48 bits per heavy atom. The molecule has 0 aromatic heterocycles. The fourth-order valence-corrected chi connectivity index (χ4v) is 3.93. The van der Waals surface area contributed by atoms with Gasteiger partial charge in [0, 0.05) is 11.1 Å². The summed E-state index contributed by atoms with van der Waals surface area (Å²) in [7, 11) is 0. The van der Waals surface area contributed by atoms with Crippen LogP contribution in [0.5, 0.6) is 0 Å². The Bertz CT molecular complexity index is 1200. The Balaban J connectivity index is 1.81. The average Bonchev–Trinajstić information content (AvgIpc) is 3.07. The van der Waals surface area contributed by atoms with E-state index in [1.54, 1.807) is 0 Å². The van der Waals surface area contributed by atoms with Crippen molar-refractivity contribution >= 4 is 39.5 Å². The lowest BCUT2D eigenvalue weighted by molar-refractivity contribution is 0.104. The van der Waals surface area contributed by atoms with Gasteiger partial charge in [0.05, 0.1) is 0 Å². The topological polar surface area (TPSA) is 17.1 Å². The van der Waals surface area contributed by atoms with Crippen LogP contribution in [0.3, 0.4) is 0 Å². The van der Waals surface area contributed by atoms with Crippen molar-refractivity contribution < 1.29 is 4.79 Å². The zero-order valence-corrected chi connectivity index (χ0v) is 13.9. The van der Waals surface area contributed by atoms with Crippen LogP contribution in [0.15, 0.2) is 66.7 Å². The van der Waals surface area contributed by atoms with Gasteiger partial charge in [-0.05, 0) is 51.2 Å². The number of aryl methyl sites for hydroxylation is 1. The predicted octanol–water partition coefficient (Wildman–Crippen LogP) is 6.02. The minimum atomic E-state index is 0.102. The molecule has 4 aromatic rings. The maximum absolute atomic E-state index is 13.5. The standard InChI is InChI=1S/C24H16O/c1-15-9-10-16-5-2-3-7-19(16)22(15)24(25)21-14-13-18-12-11-17-6-4-8-20(21)23(17)18/h2-14H,1H3. The number of hydrogen-bond donors (Lipinski definition) is 0. The summed E-state index contributed by atoms with van der Waals surface area (Å²) >= 11 is 0. The predicted molar refractivity (Wildman–Crippen MR) is 105 cm³/mol. The van der Waals surface area contributed by atoms with E-state index in [9.17, 15) is 4.79 Å². The monoisotopic (exact) mass is 320 g/mol. The van der Waals surface area contributed by atoms with Crippen LogP contribution in [0.25, 0.3) is 33.7 Å². The molecule has 0 unspecified atom stereocenters. The van der Waals surface area contributed by atoms with Crippen LogP contribution in [0.1, 0.15) is 32.6 Å². The largest absolute Gasteiger partial charge is 0.289 e. The van der Waals surface area contributed by atoms with E-state index < -0.39 is 0 Å². The molecule has 0 saturated carbocycles. The van der Waals surface area contributed by atoms with E-state index in [-0.39, 0.29) is 5.78 Å². The third kappa shape index (κ3) is 1.99. The minimum absolute atomic E-state index is 0.102. The van der Waals surface area contributed by atoms with E-state index in [2.05, 4.69) is 42.5 Å². The molecule has 0 bridgehead atoms. The minimum Gasteiger partial charge on any atom is -0.289 e. The van der Waals surface area contributed by atoms with E-state index in [0.29, 0.717) is 0 Å². The number of ketones is 1. The first kappa shape index (κ1) is 14.2. The first-order valence-electron chi connectivity index (χ1n) is 8.51. The lowest BCUT2D eigenvalue weighted by Crippen LogP contribution is -2.06. The molecular formula is C24H16O. The lowest BCUT2D eigenvalue weighted by atomic mass is 9.90. The third-order valence-corrected chi connectivity index (χ3v) is 5.16. The van der Waals surface area contributed by atoms with Crippen LogP contribution < -0.4 is 0 Å². The maximum atomic E-state index is 13.5. The second-order valence-corrected chi connectivity index (χ2v) is 6.61. The second kappa shape index (κ2) is 5.15. The van der Waals surface area contributed by atoms with Gasteiger partial charge in [0.1, 0.15) is 0 Å².